The first-order valence-corrected chi connectivity index (χ1v) is 10.8. The van der Waals surface area contributed by atoms with Gasteiger partial charge in [-0.25, -0.2) is 9.97 Å². The summed E-state index contributed by atoms with van der Waals surface area (Å²) >= 11 is 0. The molecule has 0 aromatic carbocycles. The van der Waals surface area contributed by atoms with Gasteiger partial charge >= 0.3 is 6.18 Å². The van der Waals surface area contributed by atoms with Gasteiger partial charge in [-0.05, 0) is 31.7 Å². The van der Waals surface area contributed by atoms with Crippen LogP contribution in [0.25, 0.3) is 0 Å². The summed E-state index contributed by atoms with van der Waals surface area (Å²) in [5, 5.41) is 9.46. The molecule has 0 amide bonds. The Morgan fingerprint density at radius 3 is 2.48 bits per heavy atom. The molecule has 0 spiro atoms. The Morgan fingerprint density at radius 1 is 1.13 bits per heavy atom. The third-order valence-electron chi connectivity index (χ3n) is 5.83. The topological polar surface area (TPSA) is 77.5 Å². The molecule has 0 bridgehead atoms. The first kappa shape index (κ1) is 25.9. The molecule has 3 rings (SSSR count). The minimum atomic E-state index is -4.48. The Morgan fingerprint density at radius 2 is 1.84 bits per heavy atom. The SMILES string of the molecule is CN=C(NCCNc1nccc(C(F)(F)F)n1)NC1CCN(C2CCCCC2)CC1.I. The van der Waals surface area contributed by atoms with Gasteiger partial charge in [0.2, 0.25) is 5.95 Å². The molecular weight excluding hydrogens is 522 g/mol. The van der Waals surface area contributed by atoms with E-state index in [1.165, 1.54) is 32.1 Å². The lowest BCUT2D eigenvalue weighted by Gasteiger charge is -2.39. The number of aliphatic imine (C=N–C) groups is 1. The highest BCUT2D eigenvalue weighted by atomic mass is 127. The molecule has 0 atom stereocenters. The predicted octanol–water partition coefficient (Wildman–Crippen LogP) is 3.49. The largest absolute Gasteiger partial charge is 0.433 e. The number of guanidine groups is 1. The second kappa shape index (κ2) is 12.6. The maximum Gasteiger partial charge on any atom is 0.433 e. The smallest absolute Gasteiger partial charge is 0.355 e. The molecule has 1 aromatic rings. The van der Waals surface area contributed by atoms with Crippen LogP contribution < -0.4 is 16.0 Å². The van der Waals surface area contributed by atoms with Crippen molar-refractivity contribution in [2.45, 2.75) is 63.2 Å². The zero-order valence-corrected chi connectivity index (χ0v) is 20.2. The average molecular weight is 555 g/mol. The van der Waals surface area contributed by atoms with Crippen LogP contribution in [0.3, 0.4) is 0 Å². The van der Waals surface area contributed by atoms with E-state index in [1.54, 1.807) is 7.05 Å². The number of hydrogen-bond donors (Lipinski definition) is 3. The van der Waals surface area contributed by atoms with E-state index in [0.29, 0.717) is 25.1 Å². The van der Waals surface area contributed by atoms with Gasteiger partial charge in [-0.2, -0.15) is 13.2 Å². The highest BCUT2D eigenvalue weighted by Crippen LogP contribution is 2.27. The number of piperidine rings is 1. The van der Waals surface area contributed by atoms with Gasteiger partial charge in [0.25, 0.3) is 0 Å². The fraction of sp³-hybridized carbons (Fsp3) is 0.750. The summed E-state index contributed by atoms with van der Waals surface area (Å²) in [5.74, 6) is 0.669. The van der Waals surface area contributed by atoms with E-state index < -0.39 is 11.9 Å². The third-order valence-corrected chi connectivity index (χ3v) is 5.83. The molecule has 1 aliphatic carbocycles. The molecule has 176 valence electrons. The van der Waals surface area contributed by atoms with Gasteiger partial charge in [0.05, 0.1) is 0 Å². The third kappa shape index (κ3) is 8.24. The predicted molar refractivity (Wildman–Crippen MR) is 127 cm³/mol. The van der Waals surface area contributed by atoms with Crippen LogP contribution in [0.2, 0.25) is 0 Å². The highest BCUT2D eigenvalue weighted by molar-refractivity contribution is 14.0. The fourth-order valence-electron chi connectivity index (χ4n) is 4.20. The Labute approximate surface area is 199 Å². The average Bonchev–Trinajstić information content (AvgIpc) is 2.76. The van der Waals surface area contributed by atoms with Gasteiger partial charge in [-0.1, -0.05) is 19.3 Å². The number of anilines is 1. The second-order valence-corrected chi connectivity index (χ2v) is 7.94. The molecule has 0 unspecified atom stereocenters. The molecule has 2 fully saturated rings. The Bertz CT molecular complexity index is 688. The van der Waals surface area contributed by atoms with Crippen molar-refractivity contribution in [1.82, 2.24) is 25.5 Å². The molecule has 1 saturated carbocycles. The number of nitrogens with zero attached hydrogens (tertiary/aromatic N) is 4. The number of alkyl halides is 3. The van der Waals surface area contributed by atoms with Crippen molar-refractivity contribution in [3.05, 3.63) is 18.0 Å². The van der Waals surface area contributed by atoms with E-state index in [-0.39, 0.29) is 29.9 Å². The lowest BCUT2D eigenvalue weighted by Crippen LogP contribution is -2.51. The molecule has 1 saturated heterocycles. The molecule has 7 nitrogen and oxygen atoms in total. The second-order valence-electron chi connectivity index (χ2n) is 7.94. The normalized spacial score (nSPS) is 19.5. The van der Waals surface area contributed by atoms with E-state index in [2.05, 4.69) is 35.8 Å². The molecule has 1 aromatic heterocycles. The summed E-state index contributed by atoms with van der Waals surface area (Å²) < 4.78 is 38.1. The highest BCUT2D eigenvalue weighted by Gasteiger charge is 2.32. The lowest BCUT2D eigenvalue weighted by molar-refractivity contribution is -0.141. The fourth-order valence-corrected chi connectivity index (χ4v) is 4.20. The monoisotopic (exact) mass is 555 g/mol. The van der Waals surface area contributed by atoms with Gasteiger partial charge in [-0.3, -0.25) is 4.99 Å². The van der Waals surface area contributed by atoms with Gasteiger partial charge in [0.15, 0.2) is 5.96 Å². The first-order chi connectivity index (χ1) is 14.5. The summed E-state index contributed by atoms with van der Waals surface area (Å²) in [7, 11) is 1.72. The Balaban J connectivity index is 0.00000341. The maximum atomic E-state index is 12.7. The van der Waals surface area contributed by atoms with E-state index >= 15 is 0 Å². The molecule has 31 heavy (non-hydrogen) atoms. The van der Waals surface area contributed by atoms with Gasteiger partial charge < -0.3 is 20.9 Å². The standard InChI is InChI=1S/C20H32F3N7.HI/c1-24-18(26-11-12-27-19-25-10-7-17(29-19)20(21,22)23)28-15-8-13-30(14-9-15)16-5-3-2-4-6-16;/h7,10,15-16H,2-6,8-9,11-14H2,1H3,(H2,24,26,28)(H,25,27,29);1H. The number of likely N-dealkylation sites (tertiary alicyclic amines) is 1. The molecule has 11 heteroatoms. The van der Waals surface area contributed by atoms with Crippen LogP contribution in [-0.4, -0.2) is 66.1 Å². The summed E-state index contributed by atoms with van der Waals surface area (Å²) in [6, 6.07) is 2.01. The van der Waals surface area contributed by atoms with Crippen LogP contribution in [0.5, 0.6) is 0 Å². The number of hydrogen-bond acceptors (Lipinski definition) is 5. The lowest BCUT2D eigenvalue weighted by atomic mass is 9.92. The number of rotatable bonds is 6. The summed E-state index contributed by atoms with van der Waals surface area (Å²) in [6.45, 7) is 3.10. The van der Waals surface area contributed by atoms with Crippen LogP contribution in [0, 0.1) is 0 Å². The van der Waals surface area contributed by atoms with Crippen molar-refractivity contribution in [3.63, 3.8) is 0 Å². The minimum Gasteiger partial charge on any atom is -0.355 e. The quantitative estimate of drug-likeness (QED) is 0.216. The summed E-state index contributed by atoms with van der Waals surface area (Å²) in [6.07, 6.45) is 5.58. The van der Waals surface area contributed by atoms with Crippen molar-refractivity contribution >= 4 is 35.9 Å². The van der Waals surface area contributed by atoms with E-state index in [9.17, 15) is 13.2 Å². The van der Waals surface area contributed by atoms with Crippen molar-refractivity contribution in [2.75, 3.05) is 38.5 Å². The zero-order chi connectivity index (χ0) is 21.4. The van der Waals surface area contributed by atoms with Gasteiger partial charge in [0.1, 0.15) is 5.69 Å². The number of aromatic nitrogens is 2. The van der Waals surface area contributed by atoms with Crippen molar-refractivity contribution in [2.24, 2.45) is 4.99 Å². The molecule has 2 heterocycles. The number of halogens is 4. The maximum absolute atomic E-state index is 12.7. The van der Waals surface area contributed by atoms with Crippen LogP contribution in [0.4, 0.5) is 19.1 Å². The van der Waals surface area contributed by atoms with Crippen LogP contribution >= 0.6 is 24.0 Å². The van der Waals surface area contributed by atoms with Crippen LogP contribution in [0.15, 0.2) is 17.3 Å². The zero-order valence-electron chi connectivity index (χ0n) is 17.9. The number of nitrogens with one attached hydrogen (secondary N) is 3. The molecule has 3 N–H and O–H groups in total. The first-order valence-electron chi connectivity index (χ1n) is 10.8. The van der Waals surface area contributed by atoms with Crippen molar-refractivity contribution in [1.29, 1.82) is 0 Å². The molecule has 1 aliphatic heterocycles. The molecule has 0 radical (unpaired) electrons. The van der Waals surface area contributed by atoms with E-state index in [0.717, 1.165) is 44.2 Å². The van der Waals surface area contributed by atoms with E-state index in [1.807, 2.05) is 0 Å². The van der Waals surface area contributed by atoms with Crippen molar-refractivity contribution in [3.8, 4) is 0 Å². The van der Waals surface area contributed by atoms with Crippen LogP contribution in [0.1, 0.15) is 50.6 Å². The van der Waals surface area contributed by atoms with Gasteiger partial charge in [-0.15, -0.1) is 24.0 Å². The van der Waals surface area contributed by atoms with Crippen LogP contribution in [-0.2, 0) is 6.18 Å². The molecule has 2 aliphatic rings. The summed E-state index contributed by atoms with van der Waals surface area (Å²) in [4.78, 5) is 14.2. The minimum absolute atomic E-state index is 0. The Kier molecular flexibility index (Phi) is 10.5. The van der Waals surface area contributed by atoms with Gasteiger partial charge in [0, 0.05) is 51.5 Å². The van der Waals surface area contributed by atoms with Crippen molar-refractivity contribution < 1.29 is 13.2 Å². The van der Waals surface area contributed by atoms with E-state index in [4.69, 9.17) is 0 Å². The Hall–Kier alpha value is -1.37. The molecular formula is C20H33F3IN7. The summed E-state index contributed by atoms with van der Waals surface area (Å²) in [5.41, 5.74) is -0.954.